The summed E-state index contributed by atoms with van der Waals surface area (Å²) in [6.07, 6.45) is 6.68. The fourth-order valence-corrected chi connectivity index (χ4v) is 6.17. The molecule has 4 heterocycles. The van der Waals surface area contributed by atoms with Crippen molar-refractivity contribution in [1.29, 1.82) is 0 Å². The van der Waals surface area contributed by atoms with E-state index in [-0.39, 0.29) is 11.7 Å². The van der Waals surface area contributed by atoms with Gasteiger partial charge in [-0.1, -0.05) is 17.3 Å². The number of carbonyl (C=O) groups is 1. The normalized spacial score (nSPS) is 19.5. The first-order valence-electron chi connectivity index (χ1n) is 13.0. The Hall–Kier alpha value is -2.77. The Balaban J connectivity index is 0.977. The molecule has 2 aromatic carbocycles. The lowest BCUT2D eigenvalue weighted by molar-refractivity contribution is -0.118. The molecule has 1 N–H and O–H groups in total. The quantitative estimate of drug-likeness (QED) is 0.491. The van der Waals surface area contributed by atoms with Crippen LogP contribution in [0.25, 0.3) is 11.0 Å². The van der Waals surface area contributed by atoms with E-state index in [2.05, 4.69) is 22.2 Å². The highest BCUT2D eigenvalue weighted by molar-refractivity contribution is 5.98. The SMILES string of the molecule is O=C1CCc2cc(C(O)CCCCN3CCC(c4noc5cc(F)ccc45)CC3)cc3c2N1CC3. The average Bonchev–Trinajstić information content (AvgIpc) is 3.49. The number of hydrogen-bond acceptors (Lipinski definition) is 5. The van der Waals surface area contributed by atoms with Crippen LogP contribution in [0.2, 0.25) is 0 Å². The highest BCUT2D eigenvalue weighted by Crippen LogP contribution is 2.39. The Labute approximate surface area is 204 Å². The number of fused-ring (bicyclic) bond motifs is 1. The van der Waals surface area contributed by atoms with Crippen LogP contribution < -0.4 is 4.90 Å². The maximum Gasteiger partial charge on any atom is 0.227 e. The summed E-state index contributed by atoms with van der Waals surface area (Å²) in [5, 5.41) is 16.0. The van der Waals surface area contributed by atoms with Crippen molar-refractivity contribution >= 4 is 22.6 Å². The summed E-state index contributed by atoms with van der Waals surface area (Å²) in [6.45, 7) is 3.86. The molecule has 1 unspecified atom stereocenters. The molecule has 3 aromatic rings. The number of halogens is 1. The van der Waals surface area contributed by atoms with Crippen molar-refractivity contribution in [2.45, 2.75) is 63.4 Å². The van der Waals surface area contributed by atoms with E-state index < -0.39 is 6.10 Å². The van der Waals surface area contributed by atoms with Gasteiger partial charge in [0.1, 0.15) is 5.82 Å². The Bertz CT molecular complexity index is 1250. The second kappa shape index (κ2) is 9.36. The minimum absolute atomic E-state index is 0.235. The summed E-state index contributed by atoms with van der Waals surface area (Å²) in [6, 6.07) is 8.90. The molecule has 3 aliphatic rings. The van der Waals surface area contributed by atoms with Gasteiger partial charge in [0.05, 0.1) is 17.5 Å². The third-order valence-corrected chi connectivity index (χ3v) is 8.10. The van der Waals surface area contributed by atoms with Crippen molar-refractivity contribution in [2.75, 3.05) is 31.1 Å². The third-order valence-electron chi connectivity index (χ3n) is 8.10. The van der Waals surface area contributed by atoms with Gasteiger partial charge in [-0.3, -0.25) is 4.79 Å². The molecule has 6 nitrogen and oxygen atoms in total. The van der Waals surface area contributed by atoms with Crippen LogP contribution in [0.3, 0.4) is 0 Å². The van der Waals surface area contributed by atoms with E-state index >= 15 is 0 Å². The number of benzene rings is 2. The number of anilines is 1. The van der Waals surface area contributed by atoms with Crippen LogP contribution in [-0.2, 0) is 17.6 Å². The number of unbranched alkanes of at least 4 members (excludes halogenated alkanes) is 1. The minimum Gasteiger partial charge on any atom is -0.388 e. The van der Waals surface area contributed by atoms with E-state index in [0.29, 0.717) is 17.9 Å². The number of aliphatic hydroxyl groups is 1. The monoisotopic (exact) mass is 477 g/mol. The summed E-state index contributed by atoms with van der Waals surface area (Å²) >= 11 is 0. The molecule has 7 heteroatoms. The van der Waals surface area contributed by atoms with Crippen LogP contribution >= 0.6 is 0 Å². The largest absolute Gasteiger partial charge is 0.388 e. The molecule has 0 radical (unpaired) electrons. The zero-order valence-electron chi connectivity index (χ0n) is 20.0. The summed E-state index contributed by atoms with van der Waals surface area (Å²) in [5.74, 6) is 0.291. The molecular weight excluding hydrogens is 445 g/mol. The molecule has 184 valence electrons. The number of carbonyl (C=O) groups excluding carboxylic acids is 1. The predicted molar refractivity (Wildman–Crippen MR) is 132 cm³/mol. The Morgan fingerprint density at radius 2 is 1.86 bits per heavy atom. The van der Waals surface area contributed by atoms with Gasteiger partial charge in [0.15, 0.2) is 5.58 Å². The summed E-state index contributed by atoms with van der Waals surface area (Å²) in [7, 11) is 0. The smallest absolute Gasteiger partial charge is 0.227 e. The maximum absolute atomic E-state index is 13.4. The van der Waals surface area contributed by atoms with Gasteiger partial charge in [-0.15, -0.1) is 0 Å². The molecule has 1 saturated heterocycles. The topological polar surface area (TPSA) is 69.8 Å². The lowest BCUT2D eigenvalue weighted by atomic mass is 9.91. The van der Waals surface area contributed by atoms with Gasteiger partial charge in [0.2, 0.25) is 5.91 Å². The fourth-order valence-electron chi connectivity index (χ4n) is 6.17. The Morgan fingerprint density at radius 3 is 2.69 bits per heavy atom. The number of nitrogens with zero attached hydrogens (tertiary/aromatic N) is 3. The molecule has 1 atom stereocenters. The molecule has 6 rings (SSSR count). The zero-order valence-corrected chi connectivity index (χ0v) is 20.0. The Morgan fingerprint density at radius 1 is 1.06 bits per heavy atom. The summed E-state index contributed by atoms with van der Waals surface area (Å²) < 4.78 is 18.8. The molecule has 1 amide bonds. The van der Waals surface area contributed by atoms with Crippen molar-refractivity contribution in [3.05, 3.63) is 58.5 Å². The summed E-state index contributed by atoms with van der Waals surface area (Å²) in [4.78, 5) is 16.6. The standard InChI is InChI=1S/C28H32FN3O3/c29-22-5-6-23-25(17-22)35-30-27(23)18-8-12-31(13-9-18)11-2-1-3-24(33)21-15-19-4-7-26(34)32-14-10-20(16-21)28(19)32/h5-6,15-18,24,33H,1-4,7-14H2. The van der Waals surface area contributed by atoms with Crippen molar-refractivity contribution < 1.29 is 18.8 Å². The fraction of sp³-hybridized carbons (Fsp3) is 0.500. The van der Waals surface area contributed by atoms with Crippen molar-refractivity contribution in [3.8, 4) is 0 Å². The second-order valence-corrected chi connectivity index (χ2v) is 10.3. The van der Waals surface area contributed by atoms with Crippen LogP contribution in [0, 0.1) is 5.82 Å². The first kappa shape index (κ1) is 22.7. The van der Waals surface area contributed by atoms with Gasteiger partial charge in [-0.25, -0.2) is 4.39 Å². The highest BCUT2D eigenvalue weighted by atomic mass is 19.1. The van der Waals surface area contributed by atoms with Crippen LogP contribution in [0.1, 0.15) is 72.9 Å². The van der Waals surface area contributed by atoms with E-state index in [4.69, 9.17) is 4.52 Å². The predicted octanol–water partition coefficient (Wildman–Crippen LogP) is 4.89. The van der Waals surface area contributed by atoms with Gasteiger partial charge < -0.3 is 19.4 Å². The number of hydrogen-bond donors (Lipinski definition) is 1. The van der Waals surface area contributed by atoms with E-state index in [9.17, 15) is 14.3 Å². The molecule has 0 spiro atoms. The van der Waals surface area contributed by atoms with Gasteiger partial charge in [-0.2, -0.15) is 0 Å². The molecule has 0 aliphatic carbocycles. The molecular formula is C28H32FN3O3. The van der Waals surface area contributed by atoms with Gasteiger partial charge in [-0.05, 0) is 93.4 Å². The van der Waals surface area contributed by atoms with Crippen molar-refractivity contribution in [2.24, 2.45) is 0 Å². The molecule has 0 saturated carbocycles. The number of aliphatic hydroxyl groups excluding tert-OH is 1. The molecule has 35 heavy (non-hydrogen) atoms. The van der Waals surface area contributed by atoms with E-state index in [1.165, 1.54) is 23.3 Å². The number of amides is 1. The van der Waals surface area contributed by atoms with Gasteiger partial charge in [0.25, 0.3) is 0 Å². The number of likely N-dealkylation sites (tertiary alicyclic amines) is 1. The van der Waals surface area contributed by atoms with Crippen LogP contribution in [0.5, 0.6) is 0 Å². The molecule has 1 aromatic heterocycles. The van der Waals surface area contributed by atoms with Crippen LogP contribution in [0.4, 0.5) is 10.1 Å². The zero-order chi connectivity index (χ0) is 23.9. The second-order valence-electron chi connectivity index (χ2n) is 10.3. The van der Waals surface area contributed by atoms with Crippen molar-refractivity contribution in [3.63, 3.8) is 0 Å². The average molecular weight is 478 g/mol. The number of piperidine rings is 1. The summed E-state index contributed by atoms with van der Waals surface area (Å²) in [5.41, 5.74) is 6.06. The lowest BCUT2D eigenvalue weighted by Crippen LogP contribution is -2.33. The molecule has 1 fully saturated rings. The highest BCUT2D eigenvalue weighted by Gasteiger charge is 2.32. The van der Waals surface area contributed by atoms with Crippen molar-refractivity contribution in [1.82, 2.24) is 10.1 Å². The van der Waals surface area contributed by atoms with Gasteiger partial charge in [0, 0.05) is 30.3 Å². The lowest BCUT2D eigenvalue weighted by Gasteiger charge is -2.31. The number of aryl methyl sites for hydroxylation is 1. The van der Waals surface area contributed by atoms with E-state index in [0.717, 1.165) is 93.5 Å². The number of aromatic nitrogens is 1. The van der Waals surface area contributed by atoms with Crippen LogP contribution in [0.15, 0.2) is 34.9 Å². The van der Waals surface area contributed by atoms with E-state index in [1.54, 1.807) is 6.07 Å². The Kier molecular flexibility index (Phi) is 6.06. The minimum atomic E-state index is -0.445. The third kappa shape index (κ3) is 4.36. The maximum atomic E-state index is 13.4. The molecule has 0 bridgehead atoms. The molecule has 3 aliphatic heterocycles. The first-order valence-corrected chi connectivity index (χ1v) is 13.0. The number of rotatable bonds is 7. The van der Waals surface area contributed by atoms with E-state index in [1.807, 2.05) is 4.90 Å². The van der Waals surface area contributed by atoms with Crippen LogP contribution in [-0.4, -0.2) is 47.2 Å². The first-order chi connectivity index (χ1) is 17.1. The van der Waals surface area contributed by atoms with Gasteiger partial charge >= 0.3 is 0 Å².